The minimum atomic E-state index is -0.690. The summed E-state index contributed by atoms with van der Waals surface area (Å²) in [5, 5.41) is 9.14. The topological polar surface area (TPSA) is 63.1 Å². The maximum absolute atomic E-state index is 11.1. The second-order valence-electron chi connectivity index (χ2n) is 6.52. The van der Waals surface area contributed by atoms with Gasteiger partial charge in [0, 0.05) is 17.8 Å². The predicted octanol–water partition coefficient (Wildman–Crippen LogP) is 3.49. The number of aromatic nitrogens is 2. The lowest BCUT2D eigenvalue weighted by Crippen LogP contribution is -2.24. The molecule has 2 aliphatic carbocycles. The molecular weight excluding hydrogens is 264 g/mol. The zero-order valence-electron chi connectivity index (χ0n) is 12.6. The number of aliphatic carboxylic acids is 1. The van der Waals surface area contributed by atoms with Crippen molar-refractivity contribution in [3.63, 3.8) is 0 Å². The molecule has 0 radical (unpaired) electrons. The summed E-state index contributed by atoms with van der Waals surface area (Å²) in [5.74, 6) is 0.565. The van der Waals surface area contributed by atoms with Crippen LogP contribution in [0.15, 0.2) is 6.20 Å². The molecule has 1 atom stereocenters. The van der Waals surface area contributed by atoms with Gasteiger partial charge in [-0.3, -0.25) is 4.79 Å². The van der Waals surface area contributed by atoms with E-state index >= 15 is 0 Å². The predicted molar refractivity (Wildman–Crippen MR) is 80.2 cm³/mol. The van der Waals surface area contributed by atoms with Crippen molar-refractivity contribution < 1.29 is 9.90 Å². The average molecular weight is 288 g/mol. The lowest BCUT2D eigenvalue weighted by Gasteiger charge is -2.23. The van der Waals surface area contributed by atoms with E-state index in [0.29, 0.717) is 18.8 Å². The largest absolute Gasteiger partial charge is 0.481 e. The van der Waals surface area contributed by atoms with E-state index in [-0.39, 0.29) is 5.92 Å². The Bertz CT molecular complexity index is 508. The van der Waals surface area contributed by atoms with Crippen molar-refractivity contribution in [2.75, 3.05) is 0 Å². The quantitative estimate of drug-likeness (QED) is 0.904. The maximum atomic E-state index is 11.1. The molecule has 1 saturated carbocycles. The number of nitrogens with zero attached hydrogens (tertiary/aromatic N) is 2. The average Bonchev–Trinajstić information content (AvgIpc) is 2.46. The first-order valence-electron chi connectivity index (χ1n) is 8.31. The van der Waals surface area contributed by atoms with Gasteiger partial charge in [-0.05, 0) is 37.7 Å². The molecule has 0 bridgehead atoms. The Morgan fingerprint density at radius 2 is 1.81 bits per heavy atom. The summed E-state index contributed by atoms with van der Waals surface area (Å²) < 4.78 is 0. The van der Waals surface area contributed by atoms with Crippen LogP contribution in [-0.2, 0) is 17.6 Å². The zero-order valence-corrected chi connectivity index (χ0v) is 12.6. The molecule has 1 aromatic heterocycles. The van der Waals surface area contributed by atoms with Crippen LogP contribution in [0.5, 0.6) is 0 Å². The lowest BCUT2D eigenvalue weighted by atomic mass is 9.86. The number of carbonyl (C=O) groups is 1. The van der Waals surface area contributed by atoms with Crippen molar-refractivity contribution in [1.29, 1.82) is 0 Å². The van der Waals surface area contributed by atoms with E-state index in [4.69, 9.17) is 10.1 Å². The first-order valence-corrected chi connectivity index (χ1v) is 8.31. The number of hydrogen-bond donors (Lipinski definition) is 1. The molecule has 114 valence electrons. The van der Waals surface area contributed by atoms with Gasteiger partial charge in [0.25, 0.3) is 0 Å². The highest BCUT2D eigenvalue weighted by Gasteiger charge is 2.26. The van der Waals surface area contributed by atoms with Gasteiger partial charge in [-0.25, -0.2) is 9.97 Å². The fraction of sp³-hybridized carbons (Fsp3) is 0.706. The van der Waals surface area contributed by atoms with Crippen molar-refractivity contribution in [1.82, 2.24) is 9.97 Å². The van der Waals surface area contributed by atoms with Crippen LogP contribution in [0.25, 0.3) is 0 Å². The monoisotopic (exact) mass is 288 g/mol. The highest BCUT2D eigenvalue weighted by atomic mass is 16.4. The Kier molecular flexibility index (Phi) is 4.51. The van der Waals surface area contributed by atoms with Crippen molar-refractivity contribution in [2.24, 2.45) is 5.92 Å². The molecule has 0 aromatic carbocycles. The molecule has 0 spiro atoms. The summed E-state index contributed by atoms with van der Waals surface area (Å²) in [7, 11) is 0. The van der Waals surface area contributed by atoms with Crippen LogP contribution in [0.2, 0.25) is 0 Å². The van der Waals surface area contributed by atoms with Crippen LogP contribution in [0.4, 0.5) is 0 Å². The summed E-state index contributed by atoms with van der Waals surface area (Å²) >= 11 is 0. The fourth-order valence-corrected chi connectivity index (χ4v) is 3.64. The molecule has 1 fully saturated rings. The van der Waals surface area contributed by atoms with Crippen LogP contribution < -0.4 is 0 Å². The molecule has 0 aliphatic heterocycles. The Hall–Kier alpha value is -1.45. The maximum Gasteiger partial charge on any atom is 0.306 e. The van der Waals surface area contributed by atoms with Gasteiger partial charge >= 0.3 is 5.97 Å². The van der Waals surface area contributed by atoms with Gasteiger partial charge in [0.2, 0.25) is 0 Å². The molecule has 4 heteroatoms. The van der Waals surface area contributed by atoms with Crippen molar-refractivity contribution in [3.05, 3.63) is 23.3 Å². The van der Waals surface area contributed by atoms with E-state index in [9.17, 15) is 4.79 Å². The molecule has 21 heavy (non-hydrogen) atoms. The molecule has 0 saturated heterocycles. The number of hydrogen-bond acceptors (Lipinski definition) is 3. The Morgan fingerprint density at radius 1 is 1.10 bits per heavy atom. The van der Waals surface area contributed by atoms with Crippen molar-refractivity contribution >= 4 is 5.97 Å². The van der Waals surface area contributed by atoms with Crippen LogP contribution in [0, 0.1) is 5.92 Å². The fourth-order valence-electron chi connectivity index (χ4n) is 3.64. The Balaban J connectivity index is 1.75. The van der Waals surface area contributed by atoms with Gasteiger partial charge in [0.15, 0.2) is 0 Å². The lowest BCUT2D eigenvalue weighted by molar-refractivity contribution is -0.142. The third-order valence-electron chi connectivity index (χ3n) is 4.99. The minimum Gasteiger partial charge on any atom is -0.481 e. The van der Waals surface area contributed by atoms with E-state index in [2.05, 4.69) is 4.98 Å². The summed E-state index contributed by atoms with van der Waals surface area (Å²) in [5.41, 5.74) is 2.14. The highest BCUT2D eigenvalue weighted by Crippen LogP contribution is 2.31. The van der Waals surface area contributed by atoms with Gasteiger partial charge in [-0.15, -0.1) is 0 Å². The molecule has 1 aromatic rings. The molecule has 1 heterocycles. The highest BCUT2D eigenvalue weighted by molar-refractivity contribution is 5.70. The normalized spacial score (nSPS) is 23.9. The van der Waals surface area contributed by atoms with E-state index in [1.807, 2.05) is 6.20 Å². The number of fused-ring (bicyclic) bond motifs is 1. The Morgan fingerprint density at radius 3 is 2.52 bits per heavy atom. The first kappa shape index (κ1) is 14.5. The van der Waals surface area contributed by atoms with Gasteiger partial charge in [0.05, 0.1) is 5.92 Å². The molecular formula is C17H24N2O2. The van der Waals surface area contributed by atoms with Crippen molar-refractivity contribution in [2.45, 2.75) is 70.1 Å². The van der Waals surface area contributed by atoms with Crippen LogP contribution >= 0.6 is 0 Å². The van der Waals surface area contributed by atoms with Crippen molar-refractivity contribution in [3.8, 4) is 0 Å². The van der Waals surface area contributed by atoms with E-state index in [1.54, 1.807) is 0 Å². The van der Waals surface area contributed by atoms with E-state index in [0.717, 1.165) is 23.5 Å². The standard InChI is InChI=1S/C17H24N2O2/c20-17(21)13-8-9-15-14(10-13)11-18-16(19-15)12-6-4-2-1-3-5-7-12/h11-13H,1-10H2,(H,20,21). The van der Waals surface area contributed by atoms with E-state index < -0.39 is 5.97 Å². The minimum absolute atomic E-state index is 0.256. The second-order valence-corrected chi connectivity index (χ2v) is 6.52. The molecule has 0 amide bonds. The summed E-state index contributed by atoms with van der Waals surface area (Å²) in [6.45, 7) is 0. The Labute approximate surface area is 126 Å². The summed E-state index contributed by atoms with van der Waals surface area (Å²) in [4.78, 5) is 20.5. The zero-order chi connectivity index (χ0) is 14.7. The van der Waals surface area contributed by atoms with Gasteiger partial charge < -0.3 is 5.11 Å². The number of carboxylic acids is 1. The van der Waals surface area contributed by atoms with E-state index in [1.165, 1.54) is 44.9 Å². The number of carboxylic acid groups (broad SMARTS) is 1. The molecule has 3 rings (SSSR count). The summed E-state index contributed by atoms with van der Waals surface area (Å²) in [6, 6.07) is 0. The van der Waals surface area contributed by atoms with Gasteiger partial charge in [-0.2, -0.15) is 0 Å². The van der Waals surface area contributed by atoms with Gasteiger partial charge in [-0.1, -0.05) is 32.1 Å². The summed E-state index contributed by atoms with van der Waals surface area (Å²) in [6.07, 6.45) is 13.0. The molecule has 1 N–H and O–H groups in total. The molecule has 4 nitrogen and oxygen atoms in total. The van der Waals surface area contributed by atoms with Crippen LogP contribution in [0.1, 0.15) is 74.4 Å². The number of rotatable bonds is 2. The second kappa shape index (κ2) is 6.54. The number of aryl methyl sites for hydroxylation is 1. The third kappa shape index (κ3) is 3.42. The molecule has 2 aliphatic rings. The first-order chi connectivity index (χ1) is 10.2. The molecule has 1 unspecified atom stereocenters. The SMILES string of the molecule is O=C(O)C1CCc2nc(C3CCCCCCC3)ncc2C1. The van der Waals surface area contributed by atoms with Gasteiger partial charge in [0.1, 0.15) is 5.82 Å². The van der Waals surface area contributed by atoms with Crippen LogP contribution in [0.3, 0.4) is 0 Å². The van der Waals surface area contributed by atoms with Crippen LogP contribution in [-0.4, -0.2) is 21.0 Å². The smallest absolute Gasteiger partial charge is 0.306 e. The third-order valence-corrected chi connectivity index (χ3v) is 4.99.